The van der Waals surface area contributed by atoms with Crippen LogP contribution in [-0.2, 0) is 14.3 Å². The fraction of sp³-hybridized carbons (Fsp3) is 0.886. The maximum atomic E-state index is 12.4. The molecule has 3 N–H and O–H groups in total. The van der Waals surface area contributed by atoms with Gasteiger partial charge in [-0.15, -0.1) is 0 Å². The number of carbonyl (C=O) groups is 2. The van der Waals surface area contributed by atoms with E-state index in [1.807, 2.05) is 0 Å². The predicted octanol–water partition coefficient (Wildman–Crippen LogP) is 21.9. The number of allylic oxidation sites excluding steroid dienone is 6. The van der Waals surface area contributed by atoms with Gasteiger partial charge in [0.2, 0.25) is 5.91 Å². The first-order valence-electron chi connectivity index (χ1n) is 34.2. The second-order valence-electron chi connectivity index (χ2n) is 23.5. The van der Waals surface area contributed by atoms with Crippen molar-refractivity contribution in [3.63, 3.8) is 0 Å². The van der Waals surface area contributed by atoms with E-state index in [-0.39, 0.29) is 18.5 Å². The number of esters is 1. The lowest BCUT2D eigenvalue weighted by Crippen LogP contribution is -2.45. The van der Waals surface area contributed by atoms with Crippen LogP contribution < -0.4 is 5.32 Å². The van der Waals surface area contributed by atoms with Gasteiger partial charge in [0.05, 0.1) is 25.4 Å². The first kappa shape index (κ1) is 74.1. The van der Waals surface area contributed by atoms with E-state index in [1.54, 1.807) is 0 Å². The quantitative estimate of drug-likeness (QED) is 0.0320. The predicted molar refractivity (Wildman–Crippen MR) is 333 cm³/mol. The number of aliphatic hydroxyl groups excluding tert-OH is 2. The van der Waals surface area contributed by atoms with Gasteiger partial charge >= 0.3 is 5.97 Å². The molecule has 0 aliphatic heterocycles. The summed E-state index contributed by atoms with van der Waals surface area (Å²) in [5.74, 6) is -0.0244. The van der Waals surface area contributed by atoms with E-state index in [1.165, 1.54) is 289 Å². The summed E-state index contributed by atoms with van der Waals surface area (Å²) in [6.45, 7) is 4.95. The molecule has 0 radical (unpaired) electrons. The average Bonchev–Trinajstić information content (AvgIpc) is 3.42. The third-order valence-corrected chi connectivity index (χ3v) is 15.9. The zero-order chi connectivity index (χ0) is 55.0. The second kappa shape index (κ2) is 65.6. The van der Waals surface area contributed by atoms with Gasteiger partial charge in [-0.2, -0.15) is 0 Å². The van der Waals surface area contributed by atoms with Crippen molar-refractivity contribution in [2.24, 2.45) is 0 Å². The van der Waals surface area contributed by atoms with Crippen molar-refractivity contribution in [2.45, 2.75) is 386 Å². The molecule has 6 heteroatoms. The van der Waals surface area contributed by atoms with Crippen molar-refractivity contribution in [1.29, 1.82) is 0 Å². The van der Waals surface area contributed by atoms with Gasteiger partial charge < -0.3 is 20.3 Å². The lowest BCUT2D eigenvalue weighted by Gasteiger charge is -2.22. The molecule has 0 aromatic carbocycles. The molecule has 2 atom stereocenters. The Bertz CT molecular complexity index is 1230. The lowest BCUT2D eigenvalue weighted by molar-refractivity contribution is -0.143. The number of aliphatic hydroxyl groups is 2. The number of hydrogen-bond acceptors (Lipinski definition) is 5. The molecule has 0 aromatic heterocycles. The highest BCUT2D eigenvalue weighted by Crippen LogP contribution is 2.18. The highest BCUT2D eigenvalue weighted by Gasteiger charge is 2.20. The minimum atomic E-state index is -0.662. The Labute approximate surface area is 474 Å². The topological polar surface area (TPSA) is 95.9 Å². The van der Waals surface area contributed by atoms with Crippen LogP contribution in [0.2, 0.25) is 0 Å². The number of rotatable bonds is 64. The van der Waals surface area contributed by atoms with Gasteiger partial charge in [-0.3, -0.25) is 9.59 Å². The molecule has 0 aromatic rings. The molecule has 0 aliphatic rings. The lowest BCUT2D eigenvalue weighted by atomic mass is 10.0. The maximum absolute atomic E-state index is 12.4. The van der Waals surface area contributed by atoms with E-state index in [4.69, 9.17) is 4.74 Å². The summed E-state index contributed by atoms with van der Waals surface area (Å²) in [6.07, 6.45) is 83.4. The molecular formula is C70H133NO5. The Morgan fingerprint density at radius 3 is 1.01 bits per heavy atom. The van der Waals surface area contributed by atoms with E-state index in [0.29, 0.717) is 25.9 Å². The van der Waals surface area contributed by atoms with Crippen LogP contribution in [0.25, 0.3) is 0 Å². The van der Waals surface area contributed by atoms with Crippen LogP contribution in [0.1, 0.15) is 373 Å². The zero-order valence-electron chi connectivity index (χ0n) is 51.3. The molecule has 6 nitrogen and oxygen atoms in total. The molecule has 0 saturated heterocycles. The summed E-state index contributed by atoms with van der Waals surface area (Å²) in [7, 11) is 0. The number of hydrogen-bond donors (Lipinski definition) is 3. The molecule has 76 heavy (non-hydrogen) atoms. The smallest absolute Gasteiger partial charge is 0.305 e. The largest absolute Gasteiger partial charge is 0.466 e. The number of nitrogens with one attached hydrogen (secondary N) is 1. The summed E-state index contributed by atoms with van der Waals surface area (Å²) in [6, 6.07) is -0.539. The molecule has 0 spiro atoms. The van der Waals surface area contributed by atoms with Crippen LogP contribution >= 0.6 is 0 Å². The van der Waals surface area contributed by atoms with Gasteiger partial charge in [0.25, 0.3) is 0 Å². The minimum Gasteiger partial charge on any atom is -0.466 e. The fourth-order valence-electron chi connectivity index (χ4n) is 10.7. The van der Waals surface area contributed by atoms with E-state index < -0.39 is 12.1 Å². The minimum absolute atomic E-state index is 0.0105. The summed E-state index contributed by atoms with van der Waals surface area (Å²) >= 11 is 0. The normalized spacial score (nSPS) is 12.7. The Morgan fingerprint density at radius 2 is 0.658 bits per heavy atom. The van der Waals surface area contributed by atoms with Crippen molar-refractivity contribution in [2.75, 3.05) is 13.2 Å². The van der Waals surface area contributed by atoms with Crippen molar-refractivity contribution < 1.29 is 24.5 Å². The molecule has 2 unspecified atom stereocenters. The molecule has 1 amide bonds. The third kappa shape index (κ3) is 61.3. The highest BCUT2D eigenvalue weighted by molar-refractivity contribution is 5.76. The number of amides is 1. The zero-order valence-corrected chi connectivity index (χ0v) is 51.3. The van der Waals surface area contributed by atoms with Crippen LogP contribution in [0.3, 0.4) is 0 Å². The van der Waals surface area contributed by atoms with E-state index in [0.717, 1.165) is 51.4 Å². The molecular weight excluding hydrogens is 935 g/mol. The van der Waals surface area contributed by atoms with E-state index in [2.05, 4.69) is 55.6 Å². The molecule has 0 bridgehead atoms. The summed E-state index contributed by atoms with van der Waals surface area (Å²) in [4.78, 5) is 24.5. The first-order valence-corrected chi connectivity index (χ1v) is 34.2. The van der Waals surface area contributed by atoms with Gasteiger partial charge in [-0.1, -0.05) is 314 Å². The molecule has 0 rings (SSSR count). The summed E-state index contributed by atoms with van der Waals surface area (Å²) in [5, 5.41) is 23.2. The van der Waals surface area contributed by atoms with Crippen LogP contribution in [0, 0.1) is 0 Å². The van der Waals surface area contributed by atoms with Crippen molar-refractivity contribution in [1.82, 2.24) is 5.32 Å². The van der Waals surface area contributed by atoms with Crippen LogP contribution in [0.5, 0.6) is 0 Å². The number of carbonyl (C=O) groups excluding carboxylic acids is 2. The Hall–Kier alpha value is -1.92. The van der Waals surface area contributed by atoms with Crippen LogP contribution in [0.15, 0.2) is 36.5 Å². The van der Waals surface area contributed by atoms with Gasteiger partial charge in [0, 0.05) is 12.8 Å². The van der Waals surface area contributed by atoms with Crippen molar-refractivity contribution >= 4 is 11.9 Å². The average molecular weight is 1070 g/mol. The van der Waals surface area contributed by atoms with E-state index >= 15 is 0 Å². The van der Waals surface area contributed by atoms with Gasteiger partial charge in [0.15, 0.2) is 0 Å². The maximum Gasteiger partial charge on any atom is 0.305 e. The SMILES string of the molecule is CCCCCCCCC/C=C\CCCCCCCCCC(=O)OCCCCCCCCCCC/C=C\C/C=C\CCCCCCCCCCCCCCCCCC(=O)NC(CO)C(O)CCCCCCCCCCCC. The summed E-state index contributed by atoms with van der Waals surface area (Å²) < 4.78 is 5.50. The Kier molecular flexibility index (Phi) is 63.9. The molecule has 448 valence electrons. The second-order valence-corrected chi connectivity index (χ2v) is 23.5. The standard InChI is InChI=1S/C70H133NO5/c1-3-5-7-9-11-13-15-16-17-18-35-38-41-44-48-52-56-60-64-70(75)76-65-61-57-53-49-45-42-39-36-33-31-29-27-25-23-21-19-20-22-24-26-28-30-32-34-37-40-43-47-51-55-59-63-69(74)71-67(66-72)68(73)62-58-54-50-46-14-12-10-8-6-4-2/h17-18,21,23,27,29,67-68,72-73H,3-16,19-20,22,24-26,28,30-66H2,1-2H3,(H,71,74)/b18-17-,23-21-,29-27-. The van der Waals surface area contributed by atoms with Crippen LogP contribution in [0.4, 0.5) is 0 Å². The summed E-state index contributed by atoms with van der Waals surface area (Å²) in [5.41, 5.74) is 0. The number of unbranched alkanes of at least 4 members (excludes halogenated alkanes) is 47. The molecule has 0 heterocycles. The Balaban J connectivity index is 3.36. The number of ether oxygens (including phenoxy) is 1. The van der Waals surface area contributed by atoms with Gasteiger partial charge in [0.1, 0.15) is 0 Å². The highest BCUT2D eigenvalue weighted by atomic mass is 16.5. The van der Waals surface area contributed by atoms with Crippen molar-refractivity contribution in [3.05, 3.63) is 36.5 Å². The molecule has 0 fully saturated rings. The monoisotopic (exact) mass is 1070 g/mol. The first-order chi connectivity index (χ1) is 37.5. The van der Waals surface area contributed by atoms with Gasteiger partial charge in [-0.25, -0.2) is 0 Å². The fourth-order valence-corrected chi connectivity index (χ4v) is 10.7. The Morgan fingerprint density at radius 1 is 0.368 bits per heavy atom. The third-order valence-electron chi connectivity index (χ3n) is 15.9. The molecule has 0 saturated carbocycles. The van der Waals surface area contributed by atoms with Crippen molar-refractivity contribution in [3.8, 4) is 0 Å². The van der Waals surface area contributed by atoms with Crippen LogP contribution in [-0.4, -0.2) is 47.4 Å². The molecule has 0 aliphatic carbocycles. The van der Waals surface area contributed by atoms with Gasteiger partial charge in [-0.05, 0) is 83.5 Å². The van der Waals surface area contributed by atoms with E-state index in [9.17, 15) is 19.8 Å².